The molecule has 1 aliphatic rings. The molecule has 0 bridgehead atoms. The summed E-state index contributed by atoms with van der Waals surface area (Å²) in [5, 5.41) is 0. The van der Waals surface area contributed by atoms with Crippen molar-refractivity contribution in [3.05, 3.63) is 47.8 Å². The molecule has 0 spiro atoms. The Bertz CT molecular complexity index is 718. The van der Waals surface area contributed by atoms with Gasteiger partial charge >= 0.3 is 0 Å². The van der Waals surface area contributed by atoms with Crippen LogP contribution in [0.3, 0.4) is 0 Å². The van der Waals surface area contributed by atoms with Gasteiger partial charge in [-0.15, -0.1) is 0 Å². The molecule has 0 unspecified atom stereocenters. The number of hydrogen-bond donors (Lipinski definition) is 0. The van der Waals surface area contributed by atoms with E-state index in [1.165, 1.54) is 56.9 Å². The first kappa shape index (κ1) is 21.0. The van der Waals surface area contributed by atoms with Crippen LogP contribution in [0.25, 0.3) is 11.1 Å². The minimum absolute atomic E-state index is 0.391. The van der Waals surface area contributed by atoms with E-state index in [2.05, 4.69) is 35.9 Å². The zero-order valence-corrected chi connectivity index (χ0v) is 17.6. The van der Waals surface area contributed by atoms with E-state index in [9.17, 15) is 4.39 Å². The second-order valence-electron chi connectivity index (χ2n) is 8.51. The molecule has 0 atom stereocenters. The fourth-order valence-electron chi connectivity index (χ4n) is 4.49. The van der Waals surface area contributed by atoms with Crippen molar-refractivity contribution >= 4 is 0 Å². The Morgan fingerprint density at radius 2 is 1.57 bits per heavy atom. The van der Waals surface area contributed by atoms with Crippen molar-refractivity contribution in [3.63, 3.8) is 0 Å². The third-order valence-corrected chi connectivity index (χ3v) is 6.32. The normalized spacial score (nSPS) is 19.7. The van der Waals surface area contributed by atoms with Crippen LogP contribution in [-0.4, -0.2) is 9.97 Å². The van der Waals surface area contributed by atoms with Gasteiger partial charge in [-0.2, -0.15) is 4.39 Å². The van der Waals surface area contributed by atoms with Crippen molar-refractivity contribution in [2.75, 3.05) is 0 Å². The lowest BCUT2D eigenvalue weighted by Crippen LogP contribution is -2.15. The molecule has 0 saturated heterocycles. The third kappa shape index (κ3) is 5.86. The molecule has 2 aromatic rings. The highest BCUT2D eigenvalue weighted by Crippen LogP contribution is 2.33. The van der Waals surface area contributed by atoms with E-state index in [4.69, 9.17) is 0 Å². The van der Waals surface area contributed by atoms with Crippen LogP contribution in [0.1, 0.15) is 83.0 Å². The van der Waals surface area contributed by atoms with Gasteiger partial charge < -0.3 is 0 Å². The van der Waals surface area contributed by atoms with Crippen molar-refractivity contribution in [1.82, 2.24) is 9.97 Å². The lowest BCUT2D eigenvalue weighted by Gasteiger charge is -2.28. The molecule has 1 aromatic carbocycles. The highest BCUT2D eigenvalue weighted by atomic mass is 19.1. The maximum absolute atomic E-state index is 14.6. The largest absolute Gasteiger partial charge is 0.241 e. The standard InChI is InChI=1S/C25H35FN2/c1-3-5-7-20-12-15-22(16-13-20)23-18-27-24(28-25(23)26)17-14-21-10-8-19(6-4-2)9-11-21/h12-13,15-16,18-19,21H,3-11,14,17H2,1-2H3/t19-,21-. The van der Waals surface area contributed by atoms with Crippen LogP contribution in [0.15, 0.2) is 30.5 Å². The quantitative estimate of drug-likeness (QED) is 0.430. The zero-order valence-electron chi connectivity index (χ0n) is 17.6. The van der Waals surface area contributed by atoms with E-state index in [0.717, 1.165) is 36.7 Å². The van der Waals surface area contributed by atoms with Gasteiger partial charge in [0.05, 0.1) is 5.56 Å². The summed E-state index contributed by atoms with van der Waals surface area (Å²) in [6, 6.07) is 8.16. The molecule has 3 rings (SSSR count). The molecule has 0 N–H and O–H groups in total. The van der Waals surface area contributed by atoms with Crippen LogP contribution < -0.4 is 0 Å². The molecule has 28 heavy (non-hydrogen) atoms. The fourth-order valence-corrected chi connectivity index (χ4v) is 4.49. The van der Waals surface area contributed by atoms with Crippen molar-refractivity contribution in [2.24, 2.45) is 11.8 Å². The Balaban J connectivity index is 1.54. The van der Waals surface area contributed by atoms with Crippen LogP contribution in [0, 0.1) is 17.8 Å². The summed E-state index contributed by atoms with van der Waals surface area (Å²) in [7, 11) is 0. The second-order valence-corrected chi connectivity index (χ2v) is 8.51. The van der Waals surface area contributed by atoms with E-state index < -0.39 is 5.95 Å². The van der Waals surface area contributed by atoms with Gasteiger partial charge in [-0.05, 0) is 42.2 Å². The second kappa shape index (κ2) is 10.7. The van der Waals surface area contributed by atoms with Gasteiger partial charge in [0, 0.05) is 12.6 Å². The van der Waals surface area contributed by atoms with Gasteiger partial charge in [-0.3, -0.25) is 0 Å². The summed E-state index contributed by atoms with van der Waals surface area (Å²) in [4.78, 5) is 8.64. The summed E-state index contributed by atoms with van der Waals surface area (Å²) < 4.78 is 14.6. The minimum Gasteiger partial charge on any atom is -0.241 e. The molecule has 1 aromatic heterocycles. The number of halogens is 1. The summed E-state index contributed by atoms with van der Waals surface area (Å²) in [6.07, 6.45) is 15.0. The molecule has 3 heteroatoms. The van der Waals surface area contributed by atoms with Gasteiger partial charge in [-0.1, -0.05) is 83.1 Å². The summed E-state index contributed by atoms with van der Waals surface area (Å²) >= 11 is 0. The van der Waals surface area contributed by atoms with E-state index in [1.807, 2.05) is 12.1 Å². The van der Waals surface area contributed by atoms with Gasteiger partial charge in [-0.25, -0.2) is 9.97 Å². The Labute approximate surface area is 170 Å². The van der Waals surface area contributed by atoms with Gasteiger partial charge in [0.2, 0.25) is 5.95 Å². The van der Waals surface area contributed by atoms with E-state index in [-0.39, 0.29) is 0 Å². The predicted octanol–water partition coefficient (Wildman–Crippen LogP) is 7.16. The Morgan fingerprint density at radius 1 is 0.893 bits per heavy atom. The lowest BCUT2D eigenvalue weighted by atomic mass is 9.78. The average molecular weight is 383 g/mol. The van der Waals surface area contributed by atoms with Crippen molar-refractivity contribution in [3.8, 4) is 11.1 Å². The highest BCUT2D eigenvalue weighted by Gasteiger charge is 2.21. The SMILES string of the molecule is CCCCc1ccc(-c2cnc(CC[C@H]3CC[C@H](CCC)CC3)nc2F)cc1. The number of nitrogens with zero attached hydrogens (tertiary/aromatic N) is 2. The zero-order chi connectivity index (χ0) is 19.8. The topological polar surface area (TPSA) is 25.8 Å². The van der Waals surface area contributed by atoms with Crippen molar-refractivity contribution in [1.29, 1.82) is 0 Å². The summed E-state index contributed by atoms with van der Waals surface area (Å²) in [5.74, 6) is 1.95. The third-order valence-electron chi connectivity index (χ3n) is 6.32. The van der Waals surface area contributed by atoms with Gasteiger partial charge in [0.1, 0.15) is 5.82 Å². The average Bonchev–Trinajstić information content (AvgIpc) is 2.72. The van der Waals surface area contributed by atoms with Gasteiger partial charge in [0.15, 0.2) is 0 Å². The van der Waals surface area contributed by atoms with Crippen LogP contribution in [0.4, 0.5) is 4.39 Å². The first-order chi connectivity index (χ1) is 13.7. The van der Waals surface area contributed by atoms with Gasteiger partial charge in [0.25, 0.3) is 0 Å². The van der Waals surface area contributed by atoms with Crippen LogP contribution in [0.5, 0.6) is 0 Å². The predicted molar refractivity (Wildman–Crippen MR) is 115 cm³/mol. The number of rotatable bonds is 9. The number of unbranched alkanes of at least 4 members (excludes halogenated alkanes) is 1. The summed E-state index contributed by atoms with van der Waals surface area (Å²) in [6.45, 7) is 4.47. The Morgan fingerprint density at radius 3 is 2.18 bits per heavy atom. The van der Waals surface area contributed by atoms with E-state index in [0.29, 0.717) is 11.4 Å². The molecule has 2 nitrogen and oxygen atoms in total. The van der Waals surface area contributed by atoms with Crippen molar-refractivity contribution < 1.29 is 4.39 Å². The molecule has 1 saturated carbocycles. The summed E-state index contributed by atoms with van der Waals surface area (Å²) in [5.41, 5.74) is 2.67. The molecule has 0 aliphatic heterocycles. The Kier molecular flexibility index (Phi) is 8.00. The maximum atomic E-state index is 14.6. The molecule has 0 radical (unpaired) electrons. The molecule has 1 heterocycles. The molecular weight excluding hydrogens is 347 g/mol. The molecular formula is C25H35FN2. The van der Waals surface area contributed by atoms with E-state index >= 15 is 0 Å². The minimum atomic E-state index is -0.391. The van der Waals surface area contributed by atoms with Crippen molar-refractivity contribution in [2.45, 2.75) is 84.5 Å². The molecule has 1 fully saturated rings. The maximum Gasteiger partial charge on any atom is 0.224 e. The number of hydrogen-bond acceptors (Lipinski definition) is 2. The molecule has 0 amide bonds. The fraction of sp³-hybridized carbons (Fsp3) is 0.600. The van der Waals surface area contributed by atoms with E-state index in [1.54, 1.807) is 6.20 Å². The molecule has 152 valence electrons. The monoisotopic (exact) mass is 382 g/mol. The smallest absolute Gasteiger partial charge is 0.224 e. The number of benzene rings is 1. The first-order valence-corrected chi connectivity index (χ1v) is 11.3. The number of aromatic nitrogens is 2. The lowest BCUT2D eigenvalue weighted by molar-refractivity contribution is 0.251. The highest BCUT2D eigenvalue weighted by molar-refractivity contribution is 5.62. The number of aryl methyl sites for hydroxylation is 2. The van der Waals surface area contributed by atoms with Crippen LogP contribution in [-0.2, 0) is 12.8 Å². The Hall–Kier alpha value is -1.77. The first-order valence-electron chi connectivity index (χ1n) is 11.3. The van der Waals surface area contributed by atoms with Crippen LogP contribution >= 0.6 is 0 Å². The van der Waals surface area contributed by atoms with Crippen LogP contribution in [0.2, 0.25) is 0 Å². The molecule has 1 aliphatic carbocycles.